The van der Waals surface area contributed by atoms with Gasteiger partial charge >= 0.3 is 12.1 Å². The van der Waals surface area contributed by atoms with Crippen LogP contribution in [-0.2, 0) is 31.1 Å². The predicted molar refractivity (Wildman–Crippen MR) is 134 cm³/mol. The SMILES string of the molecule is CO[C@](C(=O)O[C@H](CCc1ccc(O)cc1)CC(=O)/C=C/c1ccc(O)cc1)(c1ccccc1)C(F)(F)F. The van der Waals surface area contributed by atoms with E-state index in [9.17, 15) is 33.0 Å². The normalized spacial score (nSPS) is 14.1. The number of alkyl halides is 3. The van der Waals surface area contributed by atoms with Crippen LogP contribution in [0.2, 0.25) is 0 Å². The maximum atomic E-state index is 14.3. The molecule has 9 heteroatoms. The van der Waals surface area contributed by atoms with Crippen molar-refractivity contribution in [2.45, 2.75) is 37.1 Å². The molecule has 0 unspecified atom stereocenters. The number of ketones is 1. The summed E-state index contributed by atoms with van der Waals surface area (Å²) < 4.78 is 53.1. The first-order valence-corrected chi connectivity index (χ1v) is 11.7. The fraction of sp³-hybridized carbons (Fsp3) is 0.241. The fourth-order valence-electron chi connectivity index (χ4n) is 3.88. The Morgan fingerprint density at radius 3 is 2.03 bits per heavy atom. The average molecular weight is 529 g/mol. The quantitative estimate of drug-likeness (QED) is 0.244. The van der Waals surface area contributed by atoms with E-state index in [0.29, 0.717) is 5.56 Å². The minimum atomic E-state index is -5.15. The zero-order valence-corrected chi connectivity index (χ0v) is 20.5. The highest BCUT2D eigenvalue weighted by molar-refractivity contribution is 5.94. The molecule has 0 aliphatic rings. The van der Waals surface area contributed by atoms with E-state index < -0.39 is 35.2 Å². The minimum Gasteiger partial charge on any atom is -0.508 e. The monoisotopic (exact) mass is 528 g/mol. The number of methoxy groups -OCH3 is 1. The van der Waals surface area contributed by atoms with Gasteiger partial charge in [0.25, 0.3) is 5.60 Å². The first-order valence-electron chi connectivity index (χ1n) is 11.7. The molecule has 200 valence electrons. The van der Waals surface area contributed by atoms with Crippen LogP contribution in [0.3, 0.4) is 0 Å². The Morgan fingerprint density at radius 2 is 1.47 bits per heavy atom. The Balaban J connectivity index is 1.85. The van der Waals surface area contributed by atoms with Gasteiger partial charge < -0.3 is 19.7 Å². The van der Waals surface area contributed by atoms with E-state index in [1.807, 2.05) is 0 Å². The molecule has 0 fully saturated rings. The number of carbonyl (C=O) groups is 2. The standard InChI is InChI=1S/C29H27F3O6/c1-37-28(29(30,31)32,22-5-3-2-4-6-22)27(36)38-26(18-12-21-9-15-24(34)16-10-21)19-25(35)17-11-20-7-13-23(33)14-8-20/h2-11,13-17,26,33-34H,12,18-19H2,1H3/b17-11+/t26-,28+/m1/s1. The smallest absolute Gasteiger partial charge is 0.432 e. The van der Waals surface area contributed by atoms with Crippen LogP contribution in [0.5, 0.6) is 11.5 Å². The molecule has 0 bridgehead atoms. The van der Waals surface area contributed by atoms with Gasteiger partial charge in [0.05, 0.1) is 0 Å². The second-order valence-corrected chi connectivity index (χ2v) is 8.58. The summed E-state index contributed by atoms with van der Waals surface area (Å²) in [5.74, 6) is -2.05. The maximum Gasteiger partial charge on any atom is 0.432 e. The van der Waals surface area contributed by atoms with Crippen LogP contribution in [0.25, 0.3) is 6.08 Å². The lowest BCUT2D eigenvalue weighted by molar-refractivity contribution is -0.278. The molecule has 38 heavy (non-hydrogen) atoms. The molecule has 3 aromatic carbocycles. The minimum absolute atomic E-state index is 0.0434. The summed E-state index contributed by atoms with van der Waals surface area (Å²) in [5, 5.41) is 18.9. The van der Waals surface area contributed by atoms with Gasteiger partial charge in [0.1, 0.15) is 17.6 Å². The van der Waals surface area contributed by atoms with E-state index in [0.717, 1.165) is 24.8 Å². The van der Waals surface area contributed by atoms with Gasteiger partial charge in [0.2, 0.25) is 0 Å². The first kappa shape index (κ1) is 28.5. The van der Waals surface area contributed by atoms with Crippen LogP contribution >= 0.6 is 0 Å². The number of phenolic OH excluding ortho intramolecular Hbond substituents is 2. The van der Waals surface area contributed by atoms with Crippen molar-refractivity contribution in [3.8, 4) is 11.5 Å². The molecule has 0 aromatic heterocycles. The Morgan fingerprint density at radius 1 is 0.895 bits per heavy atom. The third-order valence-electron chi connectivity index (χ3n) is 5.92. The van der Waals surface area contributed by atoms with Crippen molar-refractivity contribution in [3.05, 3.63) is 102 Å². The number of halogens is 3. The van der Waals surface area contributed by atoms with Crippen molar-refractivity contribution in [1.82, 2.24) is 0 Å². The maximum absolute atomic E-state index is 14.3. The summed E-state index contributed by atoms with van der Waals surface area (Å²) in [6.07, 6.45) is -3.69. The summed E-state index contributed by atoms with van der Waals surface area (Å²) in [7, 11) is 0.777. The van der Waals surface area contributed by atoms with Crippen molar-refractivity contribution in [2.75, 3.05) is 7.11 Å². The zero-order valence-electron chi connectivity index (χ0n) is 20.5. The van der Waals surface area contributed by atoms with E-state index >= 15 is 0 Å². The van der Waals surface area contributed by atoms with Gasteiger partial charge in [-0.1, -0.05) is 60.7 Å². The predicted octanol–water partition coefficient (Wildman–Crippen LogP) is 5.72. The van der Waals surface area contributed by atoms with Crippen LogP contribution in [-0.4, -0.2) is 41.4 Å². The number of benzene rings is 3. The van der Waals surface area contributed by atoms with Gasteiger partial charge in [-0.25, -0.2) is 4.79 Å². The van der Waals surface area contributed by atoms with E-state index in [1.54, 1.807) is 24.3 Å². The van der Waals surface area contributed by atoms with E-state index in [-0.39, 0.29) is 30.8 Å². The van der Waals surface area contributed by atoms with E-state index in [4.69, 9.17) is 9.47 Å². The summed E-state index contributed by atoms with van der Waals surface area (Å²) in [6.45, 7) is 0. The molecule has 6 nitrogen and oxygen atoms in total. The Bertz CT molecular complexity index is 1240. The molecule has 3 rings (SSSR count). The number of ether oxygens (including phenoxy) is 2. The van der Waals surface area contributed by atoms with Gasteiger partial charge in [-0.2, -0.15) is 13.2 Å². The van der Waals surface area contributed by atoms with Crippen molar-refractivity contribution >= 4 is 17.8 Å². The molecule has 0 aliphatic heterocycles. The van der Waals surface area contributed by atoms with Crippen molar-refractivity contribution in [2.24, 2.45) is 0 Å². The van der Waals surface area contributed by atoms with E-state index in [2.05, 4.69) is 0 Å². The fourth-order valence-corrected chi connectivity index (χ4v) is 3.88. The number of carbonyl (C=O) groups excluding carboxylic acids is 2. The molecule has 0 saturated heterocycles. The lowest BCUT2D eigenvalue weighted by Gasteiger charge is -2.33. The third kappa shape index (κ3) is 7.01. The van der Waals surface area contributed by atoms with Gasteiger partial charge in [0.15, 0.2) is 5.78 Å². The van der Waals surface area contributed by atoms with Crippen molar-refractivity contribution < 1.29 is 42.4 Å². The highest BCUT2D eigenvalue weighted by Crippen LogP contribution is 2.43. The van der Waals surface area contributed by atoms with Crippen LogP contribution in [0.1, 0.15) is 29.5 Å². The number of allylic oxidation sites excluding steroid dienone is 1. The molecule has 0 saturated carbocycles. The number of aromatic hydroxyl groups is 2. The second-order valence-electron chi connectivity index (χ2n) is 8.58. The van der Waals surface area contributed by atoms with Gasteiger partial charge in [0, 0.05) is 19.1 Å². The van der Waals surface area contributed by atoms with Crippen molar-refractivity contribution in [1.29, 1.82) is 0 Å². The topological polar surface area (TPSA) is 93.1 Å². The van der Waals surface area contributed by atoms with Crippen LogP contribution < -0.4 is 0 Å². The molecular formula is C29H27F3O6. The average Bonchev–Trinajstić information content (AvgIpc) is 2.88. The van der Waals surface area contributed by atoms with Gasteiger partial charge in [-0.05, 0) is 54.3 Å². The van der Waals surface area contributed by atoms with Crippen LogP contribution in [0.15, 0.2) is 84.9 Å². The Labute approximate surface area is 218 Å². The van der Waals surface area contributed by atoms with Crippen molar-refractivity contribution in [3.63, 3.8) is 0 Å². The zero-order chi connectivity index (χ0) is 27.8. The number of esters is 1. The highest BCUT2D eigenvalue weighted by atomic mass is 19.4. The van der Waals surface area contributed by atoms with Gasteiger partial charge in [-0.15, -0.1) is 0 Å². The molecule has 2 atom stereocenters. The summed E-state index contributed by atoms with van der Waals surface area (Å²) in [6, 6.07) is 18.7. The Kier molecular flexibility index (Phi) is 9.30. The highest BCUT2D eigenvalue weighted by Gasteiger charge is 2.64. The molecular weight excluding hydrogens is 501 g/mol. The molecule has 3 aromatic rings. The molecule has 0 heterocycles. The largest absolute Gasteiger partial charge is 0.508 e. The molecule has 0 amide bonds. The third-order valence-corrected chi connectivity index (χ3v) is 5.92. The van der Waals surface area contributed by atoms with Crippen LogP contribution in [0, 0.1) is 0 Å². The number of hydrogen-bond donors (Lipinski definition) is 2. The summed E-state index contributed by atoms with van der Waals surface area (Å²) in [4.78, 5) is 25.9. The lowest BCUT2D eigenvalue weighted by Crippen LogP contribution is -2.52. The molecule has 0 spiro atoms. The summed E-state index contributed by atoms with van der Waals surface area (Å²) >= 11 is 0. The molecule has 0 aliphatic carbocycles. The molecule has 0 radical (unpaired) electrons. The second kappa shape index (κ2) is 12.4. The van der Waals surface area contributed by atoms with Crippen LogP contribution in [0.4, 0.5) is 13.2 Å². The lowest BCUT2D eigenvalue weighted by atomic mass is 9.92. The van der Waals surface area contributed by atoms with Gasteiger partial charge in [-0.3, -0.25) is 4.79 Å². The van der Waals surface area contributed by atoms with E-state index in [1.165, 1.54) is 54.6 Å². The summed E-state index contributed by atoms with van der Waals surface area (Å²) in [5.41, 5.74) is -2.48. The molecule has 2 N–H and O–H groups in total. The number of hydrogen-bond acceptors (Lipinski definition) is 6. The number of phenols is 2. The first-order chi connectivity index (χ1) is 18.0. The number of rotatable bonds is 11. The number of aryl methyl sites for hydroxylation is 1. The Hall–Kier alpha value is -4.11.